The highest BCUT2D eigenvalue weighted by Crippen LogP contribution is 2.47. The third kappa shape index (κ3) is 3.89. The number of halogens is 4. The molecular weight excluding hydrogens is 530 g/mol. The summed E-state index contributed by atoms with van der Waals surface area (Å²) >= 11 is 0. The highest BCUT2D eigenvalue weighted by Gasteiger charge is 2.48. The molecule has 4 N–H and O–H groups in total. The van der Waals surface area contributed by atoms with Gasteiger partial charge in [0.2, 0.25) is 5.91 Å². The van der Waals surface area contributed by atoms with Crippen molar-refractivity contribution in [1.29, 1.82) is 0 Å². The fraction of sp³-hybridized carbons (Fsp3) is 0.148. The van der Waals surface area contributed by atoms with Crippen molar-refractivity contribution < 1.29 is 27.5 Å². The lowest BCUT2D eigenvalue weighted by Gasteiger charge is -2.24. The minimum Gasteiger partial charge on any atom is -0.507 e. The van der Waals surface area contributed by atoms with Gasteiger partial charge in [0.15, 0.2) is 11.5 Å². The summed E-state index contributed by atoms with van der Waals surface area (Å²) in [6, 6.07) is 8.98. The molecule has 0 fully saturated rings. The number of phenolic OH excluding ortho intramolecular Hbond substituents is 1. The number of rotatable bonds is 4. The first-order valence-electron chi connectivity index (χ1n) is 11.9. The van der Waals surface area contributed by atoms with Gasteiger partial charge in [0, 0.05) is 25.0 Å². The molecule has 202 valence electrons. The van der Waals surface area contributed by atoms with Crippen molar-refractivity contribution in [2.75, 3.05) is 11.1 Å². The van der Waals surface area contributed by atoms with E-state index in [1.54, 1.807) is 41.2 Å². The topological polar surface area (TPSA) is 131 Å². The molecule has 1 aliphatic rings. The monoisotopic (exact) mass is 549 g/mol. The van der Waals surface area contributed by atoms with Crippen molar-refractivity contribution in [3.63, 3.8) is 0 Å². The first-order valence-corrected chi connectivity index (χ1v) is 11.9. The van der Waals surface area contributed by atoms with Crippen molar-refractivity contribution in [3.8, 4) is 17.3 Å². The average molecular weight is 549 g/mol. The lowest BCUT2D eigenvalue weighted by Crippen LogP contribution is -2.33. The molecule has 13 heteroatoms. The molecule has 0 aliphatic carbocycles. The summed E-state index contributed by atoms with van der Waals surface area (Å²) in [7, 11) is 0. The SMILES string of the molecule is C[C@]1(c2ccc(C(F)(F)F)c(O)c2)C(=O)Nc2nc(-c3cn4ccnc4c(Cc4ccccc4F)n3)nc(N)c21. The Hall–Kier alpha value is -5.07. The summed E-state index contributed by atoms with van der Waals surface area (Å²) in [5, 5.41) is 12.7. The van der Waals surface area contributed by atoms with Gasteiger partial charge >= 0.3 is 6.18 Å². The second-order valence-corrected chi connectivity index (χ2v) is 9.46. The molecule has 0 unspecified atom stereocenters. The molecule has 6 rings (SSSR count). The lowest BCUT2D eigenvalue weighted by molar-refractivity contribution is -0.138. The molecule has 9 nitrogen and oxygen atoms in total. The summed E-state index contributed by atoms with van der Waals surface area (Å²) < 4.78 is 55.6. The van der Waals surface area contributed by atoms with Crippen LogP contribution in [-0.4, -0.2) is 35.4 Å². The minimum absolute atomic E-state index is 0.0533. The Morgan fingerprint density at radius 3 is 2.62 bits per heavy atom. The molecule has 0 saturated heterocycles. The van der Waals surface area contributed by atoms with Crippen LogP contribution in [0.15, 0.2) is 61.1 Å². The van der Waals surface area contributed by atoms with Crippen LogP contribution in [0, 0.1) is 5.82 Å². The second kappa shape index (κ2) is 8.73. The van der Waals surface area contributed by atoms with Gasteiger partial charge in [-0.1, -0.05) is 24.3 Å². The zero-order valence-electron chi connectivity index (χ0n) is 20.7. The number of aromatic hydroxyl groups is 1. The van der Waals surface area contributed by atoms with E-state index < -0.39 is 34.6 Å². The number of phenols is 1. The Kier molecular flexibility index (Phi) is 5.50. The number of anilines is 2. The lowest BCUT2D eigenvalue weighted by atomic mass is 9.77. The van der Waals surface area contributed by atoms with Crippen LogP contribution in [0.1, 0.15) is 34.9 Å². The number of nitrogens with two attached hydrogens (primary N) is 1. The first kappa shape index (κ1) is 25.2. The normalized spacial score (nSPS) is 16.8. The second-order valence-electron chi connectivity index (χ2n) is 9.46. The zero-order chi connectivity index (χ0) is 28.4. The number of aromatic nitrogens is 5. The molecule has 3 aromatic heterocycles. The summed E-state index contributed by atoms with van der Waals surface area (Å²) in [4.78, 5) is 30.9. The third-order valence-electron chi connectivity index (χ3n) is 6.99. The number of nitrogens with zero attached hydrogens (tertiary/aromatic N) is 5. The van der Waals surface area contributed by atoms with Crippen LogP contribution in [-0.2, 0) is 22.8 Å². The quantitative estimate of drug-likeness (QED) is 0.282. The van der Waals surface area contributed by atoms with Gasteiger partial charge in [-0.2, -0.15) is 13.2 Å². The highest BCUT2D eigenvalue weighted by molar-refractivity contribution is 6.09. The van der Waals surface area contributed by atoms with Crippen molar-refractivity contribution >= 4 is 23.2 Å². The number of hydrogen-bond acceptors (Lipinski definition) is 7. The largest absolute Gasteiger partial charge is 0.507 e. The van der Waals surface area contributed by atoms with Crippen molar-refractivity contribution in [3.05, 3.63) is 94.8 Å². The number of fused-ring (bicyclic) bond motifs is 2. The molecule has 2 aromatic carbocycles. The third-order valence-corrected chi connectivity index (χ3v) is 6.99. The van der Waals surface area contributed by atoms with Gasteiger partial charge in [-0.25, -0.2) is 24.3 Å². The van der Waals surface area contributed by atoms with Gasteiger partial charge in [-0.3, -0.25) is 4.79 Å². The van der Waals surface area contributed by atoms with Gasteiger partial charge in [0.1, 0.15) is 34.3 Å². The van der Waals surface area contributed by atoms with Crippen LogP contribution in [0.3, 0.4) is 0 Å². The van der Waals surface area contributed by atoms with Crippen LogP contribution in [0.2, 0.25) is 0 Å². The van der Waals surface area contributed by atoms with Crippen LogP contribution in [0.25, 0.3) is 17.2 Å². The van der Waals surface area contributed by atoms with Gasteiger partial charge in [0.05, 0.1) is 16.8 Å². The number of nitrogen functional groups attached to an aromatic ring is 1. The molecule has 1 aliphatic heterocycles. The van der Waals surface area contributed by atoms with Crippen LogP contribution in [0.5, 0.6) is 5.75 Å². The number of benzene rings is 2. The van der Waals surface area contributed by atoms with Gasteiger partial charge < -0.3 is 20.6 Å². The molecule has 0 bridgehead atoms. The maximum Gasteiger partial charge on any atom is 0.419 e. The van der Waals surface area contributed by atoms with Crippen LogP contribution < -0.4 is 11.1 Å². The predicted molar refractivity (Wildman–Crippen MR) is 136 cm³/mol. The zero-order valence-corrected chi connectivity index (χ0v) is 20.7. The molecule has 1 atom stereocenters. The van der Waals surface area contributed by atoms with Gasteiger partial charge in [-0.05, 0) is 36.2 Å². The van der Waals surface area contributed by atoms with E-state index in [1.165, 1.54) is 13.0 Å². The predicted octanol–water partition coefficient (Wildman–Crippen LogP) is 4.48. The summed E-state index contributed by atoms with van der Waals surface area (Å²) in [5.41, 5.74) is 5.35. The van der Waals surface area contributed by atoms with Gasteiger partial charge in [0.25, 0.3) is 0 Å². The van der Waals surface area contributed by atoms with Crippen LogP contribution in [0.4, 0.5) is 29.2 Å². The van der Waals surface area contributed by atoms with E-state index in [4.69, 9.17) is 5.73 Å². The number of carbonyl (C=O) groups excluding carboxylic acids is 1. The number of hydrogen-bond donors (Lipinski definition) is 3. The fourth-order valence-electron chi connectivity index (χ4n) is 4.93. The van der Waals surface area contributed by atoms with E-state index in [9.17, 15) is 27.5 Å². The van der Waals surface area contributed by atoms with Crippen molar-refractivity contribution in [1.82, 2.24) is 24.3 Å². The molecule has 0 radical (unpaired) electrons. The molecule has 1 amide bonds. The van der Waals surface area contributed by atoms with E-state index in [1.807, 2.05) is 0 Å². The number of imidazole rings is 1. The van der Waals surface area contributed by atoms with Crippen LogP contribution >= 0.6 is 0 Å². The summed E-state index contributed by atoms with van der Waals surface area (Å²) in [6.07, 6.45) is 0.212. The molecule has 5 aromatic rings. The fourth-order valence-corrected chi connectivity index (χ4v) is 4.93. The van der Waals surface area contributed by atoms with Crippen molar-refractivity contribution in [2.24, 2.45) is 0 Å². The van der Waals surface area contributed by atoms with E-state index in [-0.39, 0.29) is 40.7 Å². The molecule has 4 heterocycles. The van der Waals surface area contributed by atoms with Gasteiger partial charge in [-0.15, -0.1) is 0 Å². The Balaban J connectivity index is 1.44. The first-order chi connectivity index (χ1) is 19.0. The molecule has 40 heavy (non-hydrogen) atoms. The highest BCUT2D eigenvalue weighted by atomic mass is 19.4. The summed E-state index contributed by atoms with van der Waals surface area (Å²) in [6.45, 7) is 1.46. The Morgan fingerprint density at radius 2 is 1.90 bits per heavy atom. The Bertz CT molecular complexity index is 1840. The van der Waals surface area contributed by atoms with E-state index in [0.717, 1.165) is 12.1 Å². The standard InChI is InChI=1S/C27H19F4N7O2/c1-26(14-6-7-15(19(39)11-14)27(29,30)31)20-21(32)35-22(36-23(20)37-25(26)40)18-12-38-9-8-33-24(38)17(34-18)10-13-4-2-3-5-16(13)28/h2-9,11-12,39H,10H2,1H3,(H3,32,35,36,37,40)/t26-/m1/s1. The average Bonchev–Trinajstić information content (AvgIpc) is 3.47. The van der Waals surface area contributed by atoms with E-state index >= 15 is 0 Å². The number of carbonyl (C=O) groups is 1. The summed E-state index contributed by atoms with van der Waals surface area (Å²) in [5.74, 6) is -2.03. The number of amides is 1. The Labute approximate surface area is 223 Å². The Morgan fingerprint density at radius 1 is 1.12 bits per heavy atom. The van der Waals surface area contributed by atoms with Crippen molar-refractivity contribution in [2.45, 2.75) is 24.9 Å². The van der Waals surface area contributed by atoms with E-state index in [2.05, 4.69) is 25.3 Å². The minimum atomic E-state index is -4.77. The maximum absolute atomic E-state index is 14.4. The number of nitrogens with one attached hydrogen (secondary N) is 1. The molecular formula is C27H19F4N7O2. The molecule has 0 spiro atoms. The molecule has 0 saturated carbocycles. The smallest absolute Gasteiger partial charge is 0.419 e. The van der Waals surface area contributed by atoms with E-state index in [0.29, 0.717) is 23.0 Å². The maximum atomic E-state index is 14.4. The number of alkyl halides is 3.